The van der Waals surface area contributed by atoms with Crippen LogP contribution in [0.2, 0.25) is 0 Å². The average molecular weight is 433 g/mol. The zero-order chi connectivity index (χ0) is 21.6. The highest BCUT2D eigenvalue weighted by molar-refractivity contribution is 5.16. The minimum Gasteiger partial charge on any atom is -0.368 e. The van der Waals surface area contributed by atoms with Gasteiger partial charge in [-0.1, -0.05) is 91.0 Å². The molecule has 5 heteroatoms. The molecule has 3 aromatic carbocycles. The summed E-state index contributed by atoms with van der Waals surface area (Å²) in [5.41, 5.74) is 3.27. The van der Waals surface area contributed by atoms with Crippen molar-refractivity contribution in [1.82, 2.24) is 0 Å². The second-order valence-electron chi connectivity index (χ2n) is 8.22. The van der Waals surface area contributed by atoms with Crippen molar-refractivity contribution in [2.75, 3.05) is 13.2 Å². The van der Waals surface area contributed by atoms with E-state index in [1.807, 2.05) is 66.7 Å². The van der Waals surface area contributed by atoms with Gasteiger partial charge in [-0.05, 0) is 16.7 Å². The Bertz CT molecular complexity index is 955. The largest absolute Gasteiger partial charge is 0.368 e. The third kappa shape index (κ3) is 4.77. The van der Waals surface area contributed by atoms with Crippen molar-refractivity contribution in [3.8, 4) is 0 Å². The normalized spacial score (nSPS) is 26.8. The maximum atomic E-state index is 6.44. The van der Waals surface area contributed by atoms with Crippen molar-refractivity contribution in [3.05, 3.63) is 108 Å². The van der Waals surface area contributed by atoms with Gasteiger partial charge in [0.15, 0.2) is 0 Å². The summed E-state index contributed by atoms with van der Waals surface area (Å²) < 4.78 is 31.5. The summed E-state index contributed by atoms with van der Waals surface area (Å²) in [6, 6.07) is 30.3. The summed E-state index contributed by atoms with van der Waals surface area (Å²) in [5, 5.41) is 0. The van der Waals surface area contributed by atoms with Crippen LogP contribution < -0.4 is 0 Å². The summed E-state index contributed by atoms with van der Waals surface area (Å²) >= 11 is 0. The molecule has 166 valence electrons. The van der Waals surface area contributed by atoms with Gasteiger partial charge < -0.3 is 23.7 Å². The Hall–Kier alpha value is -2.54. The van der Waals surface area contributed by atoms with E-state index in [-0.39, 0.29) is 12.2 Å². The second-order valence-corrected chi connectivity index (χ2v) is 8.22. The lowest BCUT2D eigenvalue weighted by atomic mass is 9.93. The van der Waals surface area contributed by atoms with Crippen LogP contribution in [-0.2, 0) is 43.5 Å². The van der Waals surface area contributed by atoms with Crippen LogP contribution in [0, 0.1) is 0 Å². The fraction of sp³-hybridized carbons (Fsp3) is 0.333. The van der Waals surface area contributed by atoms with E-state index in [4.69, 9.17) is 23.7 Å². The Morgan fingerprint density at radius 2 is 1.22 bits per heavy atom. The third-order valence-corrected chi connectivity index (χ3v) is 5.97. The molecule has 0 spiro atoms. The maximum absolute atomic E-state index is 6.44. The molecule has 2 bridgehead atoms. The Kier molecular flexibility index (Phi) is 6.62. The smallest absolute Gasteiger partial charge is 0.222 e. The van der Waals surface area contributed by atoms with Crippen molar-refractivity contribution in [2.24, 2.45) is 0 Å². The predicted octanol–water partition coefficient (Wildman–Crippen LogP) is 4.50. The van der Waals surface area contributed by atoms with Gasteiger partial charge >= 0.3 is 0 Å². The molecule has 0 amide bonds. The average Bonchev–Trinajstić information content (AvgIpc) is 2.88. The third-order valence-electron chi connectivity index (χ3n) is 5.97. The van der Waals surface area contributed by atoms with Crippen LogP contribution in [0.25, 0.3) is 0 Å². The van der Waals surface area contributed by atoms with E-state index in [0.717, 1.165) is 16.7 Å². The van der Waals surface area contributed by atoms with Gasteiger partial charge in [-0.3, -0.25) is 0 Å². The molecule has 32 heavy (non-hydrogen) atoms. The molecule has 0 radical (unpaired) electrons. The first kappa shape index (κ1) is 21.3. The van der Waals surface area contributed by atoms with Gasteiger partial charge in [0.25, 0.3) is 0 Å². The Labute approximate surface area is 188 Å². The van der Waals surface area contributed by atoms with Crippen LogP contribution in [0.1, 0.15) is 16.7 Å². The zero-order valence-electron chi connectivity index (χ0n) is 18.0. The van der Waals surface area contributed by atoms with E-state index >= 15 is 0 Å². The number of ether oxygens (including phenoxy) is 5. The van der Waals surface area contributed by atoms with Gasteiger partial charge in [-0.25, -0.2) is 0 Å². The SMILES string of the molecule is c1ccc(CO[C@@H]2[C@H]3CO[C@@](OCc4ccccc4)(CO3)[C@H]2OCc2ccccc2)cc1. The molecule has 4 atom stereocenters. The van der Waals surface area contributed by atoms with Gasteiger partial charge in [-0.2, -0.15) is 0 Å². The van der Waals surface area contributed by atoms with Crippen molar-refractivity contribution in [2.45, 2.75) is 43.9 Å². The molecule has 0 saturated carbocycles. The summed E-state index contributed by atoms with van der Waals surface area (Å²) in [7, 11) is 0. The van der Waals surface area contributed by atoms with E-state index in [0.29, 0.717) is 33.0 Å². The summed E-state index contributed by atoms with van der Waals surface area (Å²) in [4.78, 5) is 0. The molecule has 3 fully saturated rings. The summed E-state index contributed by atoms with van der Waals surface area (Å²) in [6.45, 7) is 2.06. The molecule has 3 aliphatic heterocycles. The number of rotatable bonds is 9. The lowest BCUT2D eigenvalue weighted by Crippen LogP contribution is -2.70. The number of hydrogen-bond acceptors (Lipinski definition) is 5. The predicted molar refractivity (Wildman–Crippen MR) is 120 cm³/mol. The van der Waals surface area contributed by atoms with E-state index in [1.165, 1.54) is 0 Å². The van der Waals surface area contributed by atoms with Gasteiger partial charge in [0.1, 0.15) is 24.9 Å². The number of benzene rings is 3. The van der Waals surface area contributed by atoms with Gasteiger partial charge in [0.2, 0.25) is 5.79 Å². The van der Waals surface area contributed by atoms with Gasteiger partial charge in [0.05, 0.1) is 26.4 Å². The summed E-state index contributed by atoms with van der Waals surface area (Å²) in [6.07, 6.45) is -0.901. The van der Waals surface area contributed by atoms with Gasteiger partial charge in [-0.15, -0.1) is 0 Å². The van der Waals surface area contributed by atoms with E-state index < -0.39 is 11.9 Å². The van der Waals surface area contributed by atoms with Crippen LogP contribution in [-0.4, -0.2) is 37.3 Å². The highest BCUT2D eigenvalue weighted by Crippen LogP contribution is 2.39. The first-order chi connectivity index (χ1) is 15.8. The zero-order valence-corrected chi connectivity index (χ0v) is 18.0. The lowest BCUT2D eigenvalue weighted by molar-refractivity contribution is -0.413. The molecular weight excluding hydrogens is 404 g/mol. The van der Waals surface area contributed by atoms with Crippen molar-refractivity contribution >= 4 is 0 Å². The molecule has 5 nitrogen and oxygen atoms in total. The number of fused-ring (bicyclic) bond motifs is 3. The fourth-order valence-corrected chi connectivity index (χ4v) is 4.22. The first-order valence-corrected chi connectivity index (χ1v) is 11.1. The van der Waals surface area contributed by atoms with E-state index in [1.54, 1.807) is 0 Å². The molecule has 0 unspecified atom stereocenters. The molecule has 3 heterocycles. The highest BCUT2D eigenvalue weighted by Gasteiger charge is 2.58. The second kappa shape index (κ2) is 9.94. The molecule has 0 N–H and O–H groups in total. The molecule has 3 saturated heterocycles. The first-order valence-electron chi connectivity index (χ1n) is 11.1. The van der Waals surface area contributed by atoms with Crippen LogP contribution in [0.3, 0.4) is 0 Å². The van der Waals surface area contributed by atoms with Crippen molar-refractivity contribution < 1.29 is 23.7 Å². The Balaban J connectivity index is 1.35. The Morgan fingerprint density at radius 1 is 0.688 bits per heavy atom. The Morgan fingerprint density at radius 3 is 1.75 bits per heavy atom. The number of hydrogen-bond donors (Lipinski definition) is 0. The maximum Gasteiger partial charge on any atom is 0.222 e. The van der Waals surface area contributed by atoms with Crippen LogP contribution in [0.15, 0.2) is 91.0 Å². The topological polar surface area (TPSA) is 46.2 Å². The van der Waals surface area contributed by atoms with E-state index in [2.05, 4.69) is 24.3 Å². The minimum absolute atomic E-state index is 0.193. The van der Waals surface area contributed by atoms with Crippen LogP contribution in [0.5, 0.6) is 0 Å². The summed E-state index contributed by atoms with van der Waals surface area (Å²) in [5.74, 6) is -1.01. The van der Waals surface area contributed by atoms with Crippen molar-refractivity contribution in [1.29, 1.82) is 0 Å². The lowest BCUT2D eigenvalue weighted by Gasteiger charge is -2.53. The minimum atomic E-state index is -1.01. The van der Waals surface area contributed by atoms with Gasteiger partial charge in [0, 0.05) is 0 Å². The standard InChI is InChI=1S/C27H28O5/c1-4-10-21(11-5-1)16-28-25-24-19-32-27(20-30-24,31-18-23-14-8-3-9-15-23)26(25)29-17-22-12-6-2-7-13-22/h1-15,24-26H,16-20H2/t24-,25-,26+,27+/m1/s1. The quantitative estimate of drug-likeness (QED) is 0.498. The molecule has 6 rings (SSSR count). The highest BCUT2D eigenvalue weighted by atomic mass is 16.8. The molecule has 3 aromatic rings. The molecular formula is C27H28O5. The van der Waals surface area contributed by atoms with Crippen LogP contribution >= 0.6 is 0 Å². The molecule has 0 aliphatic carbocycles. The fourth-order valence-electron chi connectivity index (χ4n) is 4.22. The molecule has 0 aromatic heterocycles. The van der Waals surface area contributed by atoms with Crippen molar-refractivity contribution in [3.63, 3.8) is 0 Å². The van der Waals surface area contributed by atoms with E-state index in [9.17, 15) is 0 Å². The molecule has 3 aliphatic rings. The van der Waals surface area contributed by atoms with Crippen LogP contribution in [0.4, 0.5) is 0 Å². The monoisotopic (exact) mass is 432 g/mol.